The summed E-state index contributed by atoms with van der Waals surface area (Å²) in [5.41, 5.74) is 8.49. The summed E-state index contributed by atoms with van der Waals surface area (Å²) in [5.74, 6) is 0. The van der Waals surface area contributed by atoms with Crippen molar-refractivity contribution in [3.63, 3.8) is 0 Å². The maximum Gasteiger partial charge on any atom is 0.271 e. The third-order valence-electron chi connectivity index (χ3n) is 2.71. The second kappa shape index (κ2) is 5.16. The summed E-state index contributed by atoms with van der Waals surface area (Å²) in [4.78, 5) is 10.2. The van der Waals surface area contributed by atoms with Crippen LogP contribution in [0.15, 0.2) is 36.4 Å². The molecule has 0 aromatic heterocycles. The first kappa shape index (κ1) is 13.2. The molecule has 0 heterocycles. The molecule has 19 heavy (non-hydrogen) atoms. The van der Waals surface area contributed by atoms with Gasteiger partial charge in [0.2, 0.25) is 0 Å². The largest absolute Gasteiger partial charge is 0.397 e. The van der Waals surface area contributed by atoms with Gasteiger partial charge in [-0.25, -0.2) is 0 Å². The van der Waals surface area contributed by atoms with Crippen LogP contribution in [0.4, 0.5) is 22.7 Å². The minimum atomic E-state index is -0.481. The summed E-state index contributed by atoms with van der Waals surface area (Å²) < 4.78 is 0. The normalized spacial score (nSPS) is 10.2. The molecule has 0 amide bonds. The summed E-state index contributed by atoms with van der Waals surface area (Å²) in [6, 6.07) is 9.75. The smallest absolute Gasteiger partial charge is 0.271 e. The SMILES string of the molecule is Cc1ccc(Cl)cc1Nc1ccc([N+](=O)[O-])cc1N. The number of aryl methyl sites for hydroxylation is 1. The van der Waals surface area contributed by atoms with Crippen LogP contribution < -0.4 is 11.1 Å². The molecule has 0 bridgehead atoms. The molecular weight excluding hydrogens is 266 g/mol. The Morgan fingerprint density at radius 2 is 1.95 bits per heavy atom. The number of anilines is 3. The van der Waals surface area contributed by atoms with Crippen LogP contribution in [0, 0.1) is 17.0 Å². The zero-order valence-corrected chi connectivity index (χ0v) is 10.9. The van der Waals surface area contributed by atoms with Crippen molar-refractivity contribution in [2.24, 2.45) is 0 Å². The molecule has 2 aromatic carbocycles. The van der Waals surface area contributed by atoms with E-state index in [1.807, 2.05) is 13.0 Å². The summed E-state index contributed by atoms with van der Waals surface area (Å²) in [6.07, 6.45) is 0. The summed E-state index contributed by atoms with van der Waals surface area (Å²) in [6.45, 7) is 1.93. The predicted octanol–water partition coefficient (Wildman–Crippen LogP) is 3.88. The molecule has 0 aliphatic carbocycles. The lowest BCUT2D eigenvalue weighted by atomic mass is 10.2. The fourth-order valence-corrected chi connectivity index (χ4v) is 1.82. The minimum absolute atomic E-state index is 0.0362. The number of non-ortho nitro benzene ring substituents is 1. The van der Waals surface area contributed by atoms with Crippen LogP contribution in [0.25, 0.3) is 0 Å². The van der Waals surface area contributed by atoms with Crippen molar-refractivity contribution in [1.82, 2.24) is 0 Å². The van der Waals surface area contributed by atoms with Gasteiger partial charge in [0, 0.05) is 22.8 Å². The number of halogens is 1. The Bertz CT molecular complexity index is 644. The molecule has 0 spiro atoms. The molecule has 0 saturated carbocycles. The van der Waals surface area contributed by atoms with E-state index in [-0.39, 0.29) is 5.69 Å². The standard InChI is InChI=1S/C13H12ClN3O2/c1-8-2-3-9(14)6-13(8)16-12-5-4-10(17(18)19)7-11(12)15/h2-7,16H,15H2,1H3. The van der Waals surface area contributed by atoms with Gasteiger partial charge in [-0.2, -0.15) is 0 Å². The molecular formula is C13H12ClN3O2. The van der Waals surface area contributed by atoms with Gasteiger partial charge in [-0.05, 0) is 30.7 Å². The Morgan fingerprint density at radius 3 is 2.58 bits per heavy atom. The fraction of sp³-hybridized carbons (Fsp3) is 0.0769. The minimum Gasteiger partial charge on any atom is -0.397 e. The van der Waals surface area contributed by atoms with Crippen LogP contribution in [0.3, 0.4) is 0 Å². The van der Waals surface area contributed by atoms with Crippen molar-refractivity contribution < 1.29 is 4.92 Å². The average molecular weight is 278 g/mol. The average Bonchev–Trinajstić information content (AvgIpc) is 2.36. The number of nitrogens with one attached hydrogen (secondary N) is 1. The molecule has 5 nitrogen and oxygen atoms in total. The second-order valence-corrected chi connectivity index (χ2v) is 4.55. The van der Waals surface area contributed by atoms with Crippen LogP contribution in [-0.4, -0.2) is 4.92 Å². The van der Waals surface area contributed by atoms with Crippen molar-refractivity contribution in [1.29, 1.82) is 0 Å². The number of nitrogens with zero attached hydrogens (tertiary/aromatic N) is 1. The number of nitro groups is 1. The monoisotopic (exact) mass is 277 g/mol. The number of nitrogens with two attached hydrogens (primary N) is 1. The highest BCUT2D eigenvalue weighted by Gasteiger charge is 2.09. The van der Waals surface area contributed by atoms with Gasteiger partial charge in [-0.3, -0.25) is 10.1 Å². The number of hydrogen-bond acceptors (Lipinski definition) is 4. The Hall–Kier alpha value is -2.27. The van der Waals surface area contributed by atoms with Crippen LogP contribution in [0.2, 0.25) is 5.02 Å². The first-order valence-electron chi connectivity index (χ1n) is 5.54. The molecule has 0 fully saturated rings. The third-order valence-corrected chi connectivity index (χ3v) is 2.95. The molecule has 0 aliphatic heterocycles. The van der Waals surface area contributed by atoms with Crippen LogP contribution in [0.1, 0.15) is 5.56 Å². The van der Waals surface area contributed by atoms with Gasteiger partial charge >= 0.3 is 0 Å². The Labute approximate surface area is 115 Å². The van der Waals surface area contributed by atoms with Gasteiger partial charge < -0.3 is 11.1 Å². The Kier molecular flexibility index (Phi) is 3.57. The van der Waals surface area contributed by atoms with E-state index in [9.17, 15) is 10.1 Å². The predicted molar refractivity (Wildman–Crippen MR) is 77.0 cm³/mol. The van der Waals surface area contributed by atoms with Gasteiger partial charge in [0.25, 0.3) is 5.69 Å². The van der Waals surface area contributed by atoms with Crippen LogP contribution in [0.5, 0.6) is 0 Å². The maximum absolute atomic E-state index is 10.6. The lowest BCUT2D eigenvalue weighted by molar-refractivity contribution is -0.384. The molecule has 0 radical (unpaired) electrons. The van der Waals surface area contributed by atoms with Gasteiger partial charge in [-0.15, -0.1) is 0 Å². The zero-order valence-electron chi connectivity index (χ0n) is 10.2. The first-order chi connectivity index (χ1) is 8.97. The highest BCUT2D eigenvalue weighted by molar-refractivity contribution is 6.30. The van der Waals surface area contributed by atoms with Crippen LogP contribution >= 0.6 is 11.6 Å². The maximum atomic E-state index is 10.6. The van der Waals surface area contributed by atoms with Gasteiger partial charge in [0.05, 0.1) is 16.3 Å². The van der Waals surface area contributed by atoms with Crippen molar-refractivity contribution in [3.05, 3.63) is 57.1 Å². The Balaban J connectivity index is 2.33. The molecule has 3 N–H and O–H groups in total. The number of hydrogen-bond donors (Lipinski definition) is 2. The van der Waals surface area contributed by atoms with E-state index >= 15 is 0 Å². The number of nitro benzene ring substituents is 1. The van der Waals surface area contributed by atoms with E-state index in [0.29, 0.717) is 16.4 Å². The van der Waals surface area contributed by atoms with Crippen molar-refractivity contribution >= 4 is 34.4 Å². The number of benzene rings is 2. The summed E-state index contributed by atoms with van der Waals surface area (Å²) in [5, 5.41) is 14.4. The molecule has 0 unspecified atom stereocenters. The lowest BCUT2D eigenvalue weighted by Crippen LogP contribution is -1.99. The molecule has 2 rings (SSSR count). The molecule has 0 aliphatic rings. The highest BCUT2D eigenvalue weighted by atomic mass is 35.5. The van der Waals surface area contributed by atoms with Crippen LogP contribution in [-0.2, 0) is 0 Å². The number of rotatable bonds is 3. The van der Waals surface area contributed by atoms with Gasteiger partial charge in [-0.1, -0.05) is 17.7 Å². The molecule has 6 heteroatoms. The van der Waals surface area contributed by atoms with E-state index in [4.69, 9.17) is 17.3 Å². The summed E-state index contributed by atoms with van der Waals surface area (Å²) in [7, 11) is 0. The molecule has 98 valence electrons. The molecule has 0 saturated heterocycles. The van der Waals surface area contributed by atoms with E-state index in [1.54, 1.807) is 18.2 Å². The van der Waals surface area contributed by atoms with Crippen molar-refractivity contribution in [2.75, 3.05) is 11.1 Å². The first-order valence-corrected chi connectivity index (χ1v) is 5.92. The topological polar surface area (TPSA) is 81.2 Å². The summed E-state index contributed by atoms with van der Waals surface area (Å²) >= 11 is 5.93. The fourth-order valence-electron chi connectivity index (χ4n) is 1.65. The van der Waals surface area contributed by atoms with E-state index in [0.717, 1.165) is 11.3 Å². The zero-order chi connectivity index (χ0) is 14.0. The number of nitrogen functional groups attached to an aromatic ring is 1. The van der Waals surface area contributed by atoms with Gasteiger partial charge in [0.15, 0.2) is 0 Å². The third kappa shape index (κ3) is 2.95. The van der Waals surface area contributed by atoms with E-state index in [2.05, 4.69) is 5.32 Å². The Morgan fingerprint density at radius 1 is 1.21 bits per heavy atom. The lowest BCUT2D eigenvalue weighted by Gasteiger charge is -2.11. The van der Waals surface area contributed by atoms with Gasteiger partial charge in [0.1, 0.15) is 0 Å². The van der Waals surface area contributed by atoms with E-state index < -0.39 is 4.92 Å². The van der Waals surface area contributed by atoms with Crippen molar-refractivity contribution in [3.8, 4) is 0 Å². The molecule has 0 atom stereocenters. The van der Waals surface area contributed by atoms with E-state index in [1.165, 1.54) is 12.1 Å². The second-order valence-electron chi connectivity index (χ2n) is 4.11. The quantitative estimate of drug-likeness (QED) is 0.507. The highest BCUT2D eigenvalue weighted by Crippen LogP contribution is 2.29. The molecule has 2 aromatic rings. The van der Waals surface area contributed by atoms with Crippen molar-refractivity contribution in [2.45, 2.75) is 6.92 Å².